The van der Waals surface area contributed by atoms with Gasteiger partial charge in [0.2, 0.25) is 0 Å². The molecule has 0 unspecified atom stereocenters. The van der Waals surface area contributed by atoms with E-state index in [1.807, 2.05) is 18.2 Å². The molecule has 0 amide bonds. The number of nitrogens with zero attached hydrogens (tertiary/aromatic N) is 1. The first kappa shape index (κ1) is 16.8. The highest BCUT2D eigenvalue weighted by Crippen LogP contribution is 2.62. The van der Waals surface area contributed by atoms with Gasteiger partial charge in [-0.3, -0.25) is 4.84 Å². The largest absolute Gasteiger partial charge is 0.348 e. The van der Waals surface area contributed by atoms with Crippen LogP contribution in [0.2, 0.25) is 0 Å². The van der Waals surface area contributed by atoms with Crippen LogP contribution < -0.4 is 5.06 Å². The first-order chi connectivity index (χ1) is 13.7. The van der Waals surface area contributed by atoms with Crippen LogP contribution in [-0.2, 0) is 14.3 Å². The molecule has 28 heavy (non-hydrogen) atoms. The Bertz CT molecular complexity index is 918. The molecule has 0 radical (unpaired) electrons. The second kappa shape index (κ2) is 5.93. The number of benzene rings is 2. The van der Waals surface area contributed by atoms with E-state index in [-0.39, 0.29) is 17.1 Å². The number of fused-ring (bicyclic) bond motifs is 2. The SMILES string of the molecule is C=C1c2ccccc2N2OC[C@]13CC1(CC[C@@H]23)COC(c2ccccc2)OC1. The summed E-state index contributed by atoms with van der Waals surface area (Å²) < 4.78 is 12.5. The third-order valence-electron chi connectivity index (χ3n) is 7.24. The highest BCUT2D eigenvalue weighted by molar-refractivity contribution is 5.83. The topological polar surface area (TPSA) is 30.9 Å². The van der Waals surface area contributed by atoms with Crippen molar-refractivity contribution in [3.63, 3.8) is 0 Å². The van der Waals surface area contributed by atoms with E-state index in [0.29, 0.717) is 12.6 Å². The first-order valence-corrected chi connectivity index (χ1v) is 10.2. The van der Waals surface area contributed by atoms with Crippen molar-refractivity contribution in [2.75, 3.05) is 24.9 Å². The van der Waals surface area contributed by atoms with Crippen molar-refractivity contribution in [3.8, 4) is 0 Å². The normalized spacial score (nSPS) is 36.3. The summed E-state index contributed by atoms with van der Waals surface area (Å²) in [4.78, 5) is 6.23. The van der Waals surface area contributed by atoms with Crippen LogP contribution in [0.4, 0.5) is 5.69 Å². The lowest BCUT2D eigenvalue weighted by atomic mass is 9.56. The average molecular weight is 375 g/mol. The lowest BCUT2D eigenvalue weighted by Gasteiger charge is -2.54. The Balaban J connectivity index is 1.28. The van der Waals surface area contributed by atoms with Gasteiger partial charge < -0.3 is 9.47 Å². The third kappa shape index (κ3) is 2.22. The van der Waals surface area contributed by atoms with E-state index < -0.39 is 0 Å². The number of hydroxylamine groups is 1. The van der Waals surface area contributed by atoms with Crippen molar-refractivity contribution in [2.45, 2.75) is 31.6 Å². The fourth-order valence-electron chi connectivity index (χ4n) is 5.82. The van der Waals surface area contributed by atoms with Crippen LogP contribution in [0.1, 0.15) is 36.7 Å². The van der Waals surface area contributed by atoms with Gasteiger partial charge in [-0.1, -0.05) is 55.1 Å². The molecule has 6 rings (SSSR count). The minimum Gasteiger partial charge on any atom is -0.348 e. The molecule has 144 valence electrons. The van der Waals surface area contributed by atoms with Crippen LogP contribution >= 0.6 is 0 Å². The second-order valence-electron chi connectivity index (χ2n) is 8.85. The van der Waals surface area contributed by atoms with Crippen LogP contribution in [0.5, 0.6) is 0 Å². The van der Waals surface area contributed by atoms with E-state index in [4.69, 9.17) is 14.3 Å². The van der Waals surface area contributed by atoms with Crippen molar-refractivity contribution in [2.24, 2.45) is 10.8 Å². The molecule has 2 aromatic rings. The van der Waals surface area contributed by atoms with Crippen molar-refractivity contribution >= 4 is 11.3 Å². The molecule has 1 saturated carbocycles. The van der Waals surface area contributed by atoms with Gasteiger partial charge in [0, 0.05) is 22.0 Å². The lowest BCUT2D eigenvalue weighted by molar-refractivity contribution is -0.245. The molecule has 0 aromatic heterocycles. The molecule has 2 bridgehead atoms. The summed E-state index contributed by atoms with van der Waals surface area (Å²) in [5.74, 6) is 0. The maximum Gasteiger partial charge on any atom is 0.183 e. The van der Waals surface area contributed by atoms with Gasteiger partial charge in [0.15, 0.2) is 6.29 Å². The van der Waals surface area contributed by atoms with Crippen molar-refractivity contribution in [1.29, 1.82) is 0 Å². The maximum atomic E-state index is 6.24. The predicted octanol–water partition coefficient (Wildman–Crippen LogP) is 4.74. The average Bonchev–Trinajstić information content (AvgIpc) is 3.08. The Hall–Kier alpha value is -2.14. The summed E-state index contributed by atoms with van der Waals surface area (Å²) in [6, 6.07) is 19.1. The molecule has 3 aliphatic heterocycles. The predicted molar refractivity (Wildman–Crippen MR) is 107 cm³/mol. The van der Waals surface area contributed by atoms with Gasteiger partial charge in [-0.05, 0) is 30.9 Å². The highest BCUT2D eigenvalue weighted by atomic mass is 16.7. The molecule has 1 spiro atoms. The summed E-state index contributed by atoms with van der Waals surface area (Å²) in [6.45, 7) is 6.73. The quantitative estimate of drug-likeness (QED) is 0.721. The van der Waals surface area contributed by atoms with Gasteiger partial charge in [0.05, 0.1) is 31.5 Å². The minimum absolute atomic E-state index is 0.0381. The second-order valence-corrected chi connectivity index (χ2v) is 8.85. The fraction of sp³-hybridized carbons (Fsp3) is 0.417. The smallest absolute Gasteiger partial charge is 0.183 e. The highest BCUT2D eigenvalue weighted by Gasteiger charge is 2.61. The summed E-state index contributed by atoms with van der Waals surface area (Å²) >= 11 is 0. The van der Waals surface area contributed by atoms with E-state index in [2.05, 4.69) is 48.0 Å². The minimum atomic E-state index is -0.256. The molecule has 3 fully saturated rings. The number of para-hydroxylation sites is 1. The summed E-state index contributed by atoms with van der Waals surface area (Å²) in [5.41, 5.74) is 4.71. The summed E-state index contributed by atoms with van der Waals surface area (Å²) in [7, 11) is 0. The molecule has 4 nitrogen and oxygen atoms in total. The zero-order chi connectivity index (χ0) is 18.8. The van der Waals surface area contributed by atoms with Crippen LogP contribution in [0.25, 0.3) is 5.57 Å². The Morgan fingerprint density at radius 2 is 1.68 bits per heavy atom. The van der Waals surface area contributed by atoms with Crippen molar-refractivity contribution < 1.29 is 14.3 Å². The number of hydrogen-bond acceptors (Lipinski definition) is 4. The molecule has 3 heterocycles. The van der Waals surface area contributed by atoms with Crippen molar-refractivity contribution in [3.05, 3.63) is 72.3 Å². The van der Waals surface area contributed by atoms with Crippen LogP contribution in [0, 0.1) is 10.8 Å². The van der Waals surface area contributed by atoms with Crippen LogP contribution in [-0.4, -0.2) is 25.9 Å². The van der Waals surface area contributed by atoms with E-state index in [0.717, 1.165) is 38.0 Å². The van der Waals surface area contributed by atoms with E-state index >= 15 is 0 Å². The van der Waals surface area contributed by atoms with E-state index in [1.165, 1.54) is 16.8 Å². The monoisotopic (exact) mass is 375 g/mol. The number of hydrogen-bond donors (Lipinski definition) is 0. The molecule has 0 N–H and O–H groups in total. The Morgan fingerprint density at radius 3 is 2.50 bits per heavy atom. The van der Waals surface area contributed by atoms with Gasteiger partial charge in [-0.15, -0.1) is 0 Å². The zero-order valence-corrected chi connectivity index (χ0v) is 16.0. The summed E-state index contributed by atoms with van der Waals surface area (Å²) in [5, 5.41) is 2.16. The van der Waals surface area contributed by atoms with Crippen LogP contribution in [0.15, 0.2) is 61.2 Å². The maximum absolute atomic E-state index is 6.24. The third-order valence-corrected chi connectivity index (χ3v) is 7.24. The Labute approximate surface area is 165 Å². The van der Waals surface area contributed by atoms with Gasteiger partial charge in [0.25, 0.3) is 0 Å². The van der Waals surface area contributed by atoms with Gasteiger partial charge >= 0.3 is 0 Å². The standard InChI is InChI=1S/C24H25NO3/c1-17-19-9-5-6-10-20(19)25-21-11-12-23(13-24(17,21)16-28-25)14-26-22(27-15-23)18-7-3-2-4-8-18/h2-10,21-22H,1,11-16H2/t21-,22?,23?,24-/m1/s1. The first-order valence-electron chi connectivity index (χ1n) is 10.2. The van der Waals surface area contributed by atoms with E-state index in [9.17, 15) is 0 Å². The zero-order valence-electron chi connectivity index (χ0n) is 16.0. The molecule has 2 atom stereocenters. The molecule has 2 saturated heterocycles. The van der Waals surface area contributed by atoms with Gasteiger partial charge in [-0.2, -0.15) is 0 Å². The molecular weight excluding hydrogens is 350 g/mol. The molecule has 1 aliphatic carbocycles. The summed E-state index contributed by atoms with van der Waals surface area (Å²) in [6.07, 6.45) is 2.93. The number of anilines is 1. The molecular formula is C24H25NO3. The van der Waals surface area contributed by atoms with Crippen LogP contribution in [0.3, 0.4) is 0 Å². The molecule has 4 heteroatoms. The fourth-order valence-corrected chi connectivity index (χ4v) is 5.82. The number of rotatable bonds is 1. The Kier molecular flexibility index (Phi) is 3.55. The Morgan fingerprint density at radius 1 is 0.929 bits per heavy atom. The number of ether oxygens (including phenoxy) is 2. The van der Waals surface area contributed by atoms with Crippen molar-refractivity contribution in [1.82, 2.24) is 0 Å². The van der Waals surface area contributed by atoms with Gasteiger partial charge in [-0.25, -0.2) is 5.06 Å². The molecule has 4 aliphatic rings. The van der Waals surface area contributed by atoms with E-state index in [1.54, 1.807) is 0 Å². The lowest BCUT2D eigenvalue weighted by Crippen LogP contribution is -2.55. The molecule has 2 aromatic carbocycles. The van der Waals surface area contributed by atoms with Gasteiger partial charge in [0.1, 0.15) is 0 Å².